The van der Waals surface area contributed by atoms with Crippen LogP contribution in [0, 0.1) is 11.6 Å². The summed E-state index contributed by atoms with van der Waals surface area (Å²) < 4.78 is 29.0. The Kier molecular flexibility index (Phi) is 7.32. The van der Waals surface area contributed by atoms with Gasteiger partial charge in [0, 0.05) is 63.5 Å². The zero-order valence-corrected chi connectivity index (χ0v) is 20.3. The molecule has 190 valence electrons. The lowest BCUT2D eigenvalue weighted by atomic mass is 10.1. The van der Waals surface area contributed by atoms with Gasteiger partial charge in [0.05, 0.1) is 11.4 Å². The quantitative estimate of drug-likeness (QED) is 0.476. The largest absolute Gasteiger partial charge is 0.366 e. The zero-order chi connectivity index (χ0) is 26.0. The minimum atomic E-state index is -0.604. The first-order valence-corrected chi connectivity index (χ1v) is 11.8. The van der Waals surface area contributed by atoms with Crippen LogP contribution >= 0.6 is 0 Å². The van der Waals surface area contributed by atoms with Gasteiger partial charge in [-0.25, -0.2) is 8.78 Å². The van der Waals surface area contributed by atoms with Gasteiger partial charge in [-0.15, -0.1) is 0 Å². The standard InChI is InChI=1S/C26H28F2N4O4/c1-17(33)19-3-5-23(21(27)15-19)29-7-11-31(12-8-29)25(35)26(36)32-13-9-30(10-14-32)24-6-4-20(18(2)34)16-22(24)28/h3-6,15-16H,7-14H2,1-2H3. The maximum Gasteiger partial charge on any atom is 0.312 e. The third kappa shape index (κ3) is 5.22. The average Bonchev–Trinajstić information content (AvgIpc) is 2.88. The van der Waals surface area contributed by atoms with Gasteiger partial charge in [0.2, 0.25) is 0 Å². The van der Waals surface area contributed by atoms with E-state index in [1.165, 1.54) is 35.8 Å². The van der Waals surface area contributed by atoms with Gasteiger partial charge < -0.3 is 19.6 Å². The molecule has 4 rings (SSSR count). The third-order valence-corrected chi connectivity index (χ3v) is 6.71. The third-order valence-electron chi connectivity index (χ3n) is 6.71. The Hall–Kier alpha value is -3.82. The molecule has 2 amide bonds. The minimum Gasteiger partial charge on any atom is -0.366 e. The summed E-state index contributed by atoms with van der Waals surface area (Å²) in [6.07, 6.45) is 0. The fraction of sp³-hybridized carbons (Fsp3) is 0.385. The van der Waals surface area contributed by atoms with Crippen LogP contribution < -0.4 is 9.80 Å². The number of amides is 2. The number of nitrogens with zero attached hydrogens (tertiary/aromatic N) is 4. The molecule has 0 aromatic heterocycles. The summed E-state index contributed by atoms with van der Waals surface area (Å²) in [5.74, 6) is -2.63. The summed E-state index contributed by atoms with van der Waals surface area (Å²) in [6, 6.07) is 8.69. The Labute approximate surface area is 208 Å². The van der Waals surface area contributed by atoms with E-state index in [1.807, 2.05) is 0 Å². The summed E-state index contributed by atoms with van der Waals surface area (Å²) in [5, 5.41) is 0. The van der Waals surface area contributed by atoms with Crippen LogP contribution in [0.15, 0.2) is 36.4 Å². The van der Waals surface area contributed by atoms with Crippen molar-refractivity contribution in [3.8, 4) is 0 Å². The Balaban J connectivity index is 1.30. The molecular formula is C26H28F2N4O4. The van der Waals surface area contributed by atoms with E-state index in [9.17, 15) is 28.0 Å². The SMILES string of the molecule is CC(=O)c1ccc(N2CCN(C(=O)C(=O)N3CCN(c4ccc(C(C)=O)cc4F)CC3)CC2)c(F)c1. The average molecular weight is 499 g/mol. The summed E-state index contributed by atoms with van der Waals surface area (Å²) >= 11 is 0. The first kappa shape index (κ1) is 25.3. The van der Waals surface area contributed by atoms with Crippen LogP contribution in [0.1, 0.15) is 34.6 Å². The summed E-state index contributed by atoms with van der Waals surface area (Å²) in [4.78, 5) is 55.1. The summed E-state index contributed by atoms with van der Waals surface area (Å²) in [6.45, 7) is 5.27. The molecule has 2 aromatic carbocycles. The lowest BCUT2D eigenvalue weighted by Gasteiger charge is -2.39. The fourth-order valence-electron chi connectivity index (χ4n) is 4.54. The number of Topliss-reactive ketones (excluding diaryl/α,β-unsaturated/α-hetero) is 2. The predicted octanol–water partition coefficient (Wildman–Crippen LogP) is 2.37. The number of carbonyl (C=O) groups excluding carboxylic acids is 4. The van der Waals surface area contributed by atoms with Crippen LogP contribution in [0.4, 0.5) is 20.2 Å². The van der Waals surface area contributed by atoms with E-state index >= 15 is 0 Å². The Morgan fingerprint density at radius 1 is 0.583 bits per heavy atom. The number of benzene rings is 2. The number of carbonyl (C=O) groups is 4. The van der Waals surface area contributed by atoms with E-state index in [4.69, 9.17) is 0 Å². The molecule has 0 radical (unpaired) electrons. The Bertz CT molecular complexity index is 1110. The smallest absolute Gasteiger partial charge is 0.312 e. The molecule has 0 unspecified atom stereocenters. The van der Waals surface area contributed by atoms with Gasteiger partial charge in [-0.3, -0.25) is 19.2 Å². The van der Waals surface area contributed by atoms with E-state index in [-0.39, 0.29) is 37.7 Å². The molecule has 0 saturated carbocycles. The molecule has 2 aliphatic heterocycles. The van der Waals surface area contributed by atoms with E-state index in [0.29, 0.717) is 48.7 Å². The van der Waals surface area contributed by atoms with Crippen LogP contribution in [-0.4, -0.2) is 85.5 Å². The summed E-state index contributed by atoms with van der Waals surface area (Å²) in [5.41, 5.74) is 1.31. The Morgan fingerprint density at radius 2 is 0.917 bits per heavy atom. The van der Waals surface area contributed by atoms with Gasteiger partial charge in [-0.05, 0) is 50.2 Å². The minimum absolute atomic E-state index is 0.216. The van der Waals surface area contributed by atoms with Crippen molar-refractivity contribution in [3.63, 3.8) is 0 Å². The van der Waals surface area contributed by atoms with E-state index in [2.05, 4.69) is 0 Å². The van der Waals surface area contributed by atoms with Crippen molar-refractivity contribution in [2.75, 3.05) is 62.2 Å². The number of halogens is 2. The molecule has 2 saturated heterocycles. The van der Waals surface area contributed by atoms with Crippen molar-refractivity contribution >= 4 is 34.8 Å². The number of ketones is 2. The zero-order valence-electron chi connectivity index (χ0n) is 20.3. The number of piperazine rings is 2. The number of hydrogen-bond acceptors (Lipinski definition) is 6. The number of rotatable bonds is 4. The van der Waals surface area contributed by atoms with Crippen molar-refractivity contribution in [2.24, 2.45) is 0 Å². The van der Waals surface area contributed by atoms with Crippen molar-refractivity contribution in [1.29, 1.82) is 0 Å². The molecule has 0 bridgehead atoms. The molecule has 2 aromatic rings. The lowest BCUT2D eigenvalue weighted by Crippen LogP contribution is -2.56. The molecule has 2 aliphatic rings. The first-order valence-electron chi connectivity index (χ1n) is 11.8. The van der Waals surface area contributed by atoms with Gasteiger partial charge in [0.15, 0.2) is 11.6 Å². The molecule has 2 fully saturated rings. The highest BCUT2D eigenvalue weighted by molar-refractivity contribution is 6.35. The monoisotopic (exact) mass is 498 g/mol. The first-order chi connectivity index (χ1) is 17.2. The van der Waals surface area contributed by atoms with Crippen LogP contribution in [0.2, 0.25) is 0 Å². The van der Waals surface area contributed by atoms with Crippen LogP contribution in [0.25, 0.3) is 0 Å². The molecule has 0 spiro atoms. The normalized spacial score (nSPS) is 16.2. The highest BCUT2D eigenvalue weighted by Gasteiger charge is 2.32. The van der Waals surface area contributed by atoms with Crippen molar-refractivity contribution in [1.82, 2.24) is 9.80 Å². The second-order valence-corrected chi connectivity index (χ2v) is 9.00. The maximum absolute atomic E-state index is 14.5. The van der Waals surface area contributed by atoms with Crippen LogP contribution in [0.5, 0.6) is 0 Å². The fourth-order valence-corrected chi connectivity index (χ4v) is 4.54. The molecule has 2 heterocycles. The van der Waals surface area contributed by atoms with Gasteiger partial charge in [0.25, 0.3) is 0 Å². The second-order valence-electron chi connectivity index (χ2n) is 9.00. The van der Waals surface area contributed by atoms with Gasteiger partial charge in [0.1, 0.15) is 11.6 Å². The molecule has 0 N–H and O–H groups in total. The highest BCUT2D eigenvalue weighted by atomic mass is 19.1. The van der Waals surface area contributed by atoms with E-state index in [1.54, 1.807) is 34.1 Å². The second kappa shape index (κ2) is 10.4. The maximum atomic E-state index is 14.5. The Morgan fingerprint density at radius 3 is 1.19 bits per heavy atom. The van der Waals surface area contributed by atoms with Crippen molar-refractivity contribution in [2.45, 2.75) is 13.8 Å². The summed E-state index contributed by atoms with van der Waals surface area (Å²) in [7, 11) is 0. The molecule has 10 heteroatoms. The van der Waals surface area contributed by atoms with Crippen molar-refractivity contribution < 1.29 is 28.0 Å². The predicted molar refractivity (Wildman–Crippen MR) is 130 cm³/mol. The highest BCUT2D eigenvalue weighted by Crippen LogP contribution is 2.24. The van der Waals surface area contributed by atoms with Gasteiger partial charge >= 0.3 is 11.8 Å². The number of anilines is 2. The van der Waals surface area contributed by atoms with Crippen LogP contribution in [0.3, 0.4) is 0 Å². The van der Waals surface area contributed by atoms with Gasteiger partial charge in [-0.1, -0.05) is 0 Å². The van der Waals surface area contributed by atoms with Crippen molar-refractivity contribution in [3.05, 3.63) is 59.2 Å². The van der Waals surface area contributed by atoms with Crippen LogP contribution in [-0.2, 0) is 9.59 Å². The molecule has 8 nitrogen and oxygen atoms in total. The molecular weight excluding hydrogens is 470 g/mol. The number of hydrogen-bond donors (Lipinski definition) is 0. The van der Waals surface area contributed by atoms with E-state index < -0.39 is 23.4 Å². The molecule has 0 aliphatic carbocycles. The topological polar surface area (TPSA) is 81.2 Å². The molecule has 36 heavy (non-hydrogen) atoms. The van der Waals surface area contributed by atoms with Gasteiger partial charge in [-0.2, -0.15) is 0 Å². The van der Waals surface area contributed by atoms with E-state index in [0.717, 1.165) is 0 Å². The lowest BCUT2D eigenvalue weighted by molar-refractivity contribution is -0.152. The molecule has 0 atom stereocenters.